The summed E-state index contributed by atoms with van der Waals surface area (Å²) >= 11 is 1.35. The van der Waals surface area contributed by atoms with Gasteiger partial charge in [-0.15, -0.1) is 11.3 Å². The van der Waals surface area contributed by atoms with Crippen LogP contribution >= 0.6 is 11.3 Å². The van der Waals surface area contributed by atoms with Gasteiger partial charge in [-0.1, -0.05) is 43.3 Å². The molecule has 3 rings (SSSR count). The Hall–Kier alpha value is -3.30. The lowest BCUT2D eigenvalue weighted by Gasteiger charge is -1.99. The Kier molecular flexibility index (Phi) is 5.20. The average Bonchev–Trinajstić information content (AvgIpc) is 3.16. The summed E-state index contributed by atoms with van der Waals surface area (Å²) in [6, 6.07) is 16.5. The zero-order valence-electron chi connectivity index (χ0n) is 14.0. The van der Waals surface area contributed by atoms with E-state index in [4.69, 9.17) is 0 Å². The molecule has 0 spiro atoms. The molecule has 0 radical (unpaired) electrons. The highest BCUT2D eigenvalue weighted by Crippen LogP contribution is 2.29. The predicted molar refractivity (Wildman–Crippen MR) is 104 cm³/mol. The van der Waals surface area contributed by atoms with Crippen molar-refractivity contribution in [1.82, 2.24) is 4.98 Å². The molecule has 5 nitrogen and oxygen atoms in total. The van der Waals surface area contributed by atoms with Crippen molar-refractivity contribution >= 4 is 28.7 Å². The van der Waals surface area contributed by atoms with Gasteiger partial charge in [-0.05, 0) is 23.6 Å². The second-order valence-electron chi connectivity index (χ2n) is 5.61. The quantitative estimate of drug-likeness (QED) is 0.349. The summed E-state index contributed by atoms with van der Waals surface area (Å²) in [7, 11) is 0. The first-order chi connectivity index (χ1) is 12.6. The van der Waals surface area contributed by atoms with Crippen molar-refractivity contribution in [1.29, 1.82) is 5.26 Å². The Morgan fingerprint density at radius 1 is 1.31 bits per heavy atom. The number of aromatic nitrogens is 1. The van der Waals surface area contributed by atoms with Crippen molar-refractivity contribution in [2.24, 2.45) is 0 Å². The lowest BCUT2D eigenvalue weighted by Crippen LogP contribution is -1.88. The molecule has 1 heterocycles. The molecule has 0 aliphatic carbocycles. The molecule has 0 aliphatic heterocycles. The van der Waals surface area contributed by atoms with Crippen LogP contribution in [-0.4, -0.2) is 9.91 Å². The molecule has 2 aromatic carbocycles. The maximum atomic E-state index is 10.9. The lowest BCUT2D eigenvalue weighted by molar-refractivity contribution is -0.384. The van der Waals surface area contributed by atoms with Gasteiger partial charge in [0.15, 0.2) is 0 Å². The van der Waals surface area contributed by atoms with Crippen molar-refractivity contribution in [3.05, 3.63) is 80.2 Å². The third-order valence-corrected chi connectivity index (χ3v) is 4.78. The van der Waals surface area contributed by atoms with Gasteiger partial charge in [-0.2, -0.15) is 5.26 Å². The Labute approximate surface area is 155 Å². The van der Waals surface area contributed by atoms with Crippen LogP contribution < -0.4 is 0 Å². The number of thiazole rings is 1. The van der Waals surface area contributed by atoms with E-state index in [0.717, 1.165) is 12.0 Å². The SMILES string of the molecule is CCc1ccc(C=C(C#N)c2nc(-c3cccc([N+](=O)[O-])c3)cs2)cc1. The average molecular weight is 361 g/mol. The number of hydrogen-bond donors (Lipinski definition) is 0. The van der Waals surface area contributed by atoms with Crippen molar-refractivity contribution in [3.8, 4) is 17.3 Å². The van der Waals surface area contributed by atoms with E-state index < -0.39 is 4.92 Å². The Morgan fingerprint density at radius 2 is 2.08 bits per heavy atom. The van der Waals surface area contributed by atoms with Crippen LogP contribution in [0.4, 0.5) is 5.69 Å². The second kappa shape index (κ2) is 7.72. The molecule has 0 aliphatic rings. The molecule has 0 atom stereocenters. The molecular weight excluding hydrogens is 346 g/mol. The largest absolute Gasteiger partial charge is 0.270 e. The zero-order valence-corrected chi connectivity index (χ0v) is 14.9. The zero-order chi connectivity index (χ0) is 18.5. The number of benzene rings is 2. The van der Waals surface area contributed by atoms with E-state index in [1.54, 1.807) is 23.6 Å². The van der Waals surface area contributed by atoms with Gasteiger partial charge >= 0.3 is 0 Å². The van der Waals surface area contributed by atoms with Crippen molar-refractivity contribution < 1.29 is 4.92 Å². The number of allylic oxidation sites excluding steroid dienone is 1. The van der Waals surface area contributed by atoms with E-state index in [0.29, 0.717) is 21.8 Å². The summed E-state index contributed by atoms with van der Waals surface area (Å²) in [5, 5.41) is 22.8. The number of rotatable bonds is 5. The minimum atomic E-state index is -0.433. The second-order valence-corrected chi connectivity index (χ2v) is 6.47. The van der Waals surface area contributed by atoms with Gasteiger partial charge in [-0.25, -0.2) is 4.98 Å². The van der Waals surface area contributed by atoms with Gasteiger partial charge in [0.05, 0.1) is 16.2 Å². The van der Waals surface area contributed by atoms with Gasteiger partial charge in [0, 0.05) is 23.1 Å². The van der Waals surface area contributed by atoms with E-state index in [9.17, 15) is 15.4 Å². The standard InChI is InChI=1S/C20H15N3O2S/c1-2-14-6-8-15(9-7-14)10-17(12-21)20-22-19(13-26-20)16-4-3-5-18(11-16)23(24)25/h3-11,13H,2H2,1H3. The molecule has 0 amide bonds. The van der Waals surface area contributed by atoms with Gasteiger partial charge in [0.2, 0.25) is 0 Å². The monoisotopic (exact) mass is 361 g/mol. The van der Waals surface area contributed by atoms with Crippen molar-refractivity contribution in [2.75, 3.05) is 0 Å². The van der Waals surface area contributed by atoms with Crippen LogP contribution in [0, 0.1) is 21.4 Å². The fourth-order valence-electron chi connectivity index (χ4n) is 2.47. The minimum absolute atomic E-state index is 0.0177. The number of nitrogens with zero attached hydrogens (tertiary/aromatic N) is 3. The van der Waals surface area contributed by atoms with E-state index in [1.807, 2.05) is 24.3 Å². The molecule has 0 bridgehead atoms. The summed E-state index contributed by atoms with van der Waals surface area (Å²) in [5.74, 6) is 0. The molecule has 0 unspecified atom stereocenters. The van der Waals surface area contributed by atoms with Crippen LogP contribution in [0.1, 0.15) is 23.1 Å². The number of aryl methyl sites for hydroxylation is 1. The maximum absolute atomic E-state index is 10.9. The first-order valence-corrected chi connectivity index (χ1v) is 8.90. The van der Waals surface area contributed by atoms with Crippen LogP contribution in [0.15, 0.2) is 53.9 Å². The van der Waals surface area contributed by atoms with E-state index in [1.165, 1.54) is 29.0 Å². The molecule has 0 saturated carbocycles. The van der Waals surface area contributed by atoms with Crippen LogP contribution in [-0.2, 0) is 6.42 Å². The topological polar surface area (TPSA) is 79.8 Å². The molecule has 128 valence electrons. The summed E-state index contributed by atoms with van der Waals surface area (Å²) in [6.07, 6.45) is 2.77. The van der Waals surface area contributed by atoms with Crippen molar-refractivity contribution in [3.63, 3.8) is 0 Å². The number of nitro benzene ring substituents is 1. The minimum Gasteiger partial charge on any atom is -0.258 e. The van der Waals surface area contributed by atoms with E-state index >= 15 is 0 Å². The molecule has 0 N–H and O–H groups in total. The van der Waals surface area contributed by atoms with Gasteiger partial charge in [0.1, 0.15) is 11.1 Å². The smallest absolute Gasteiger partial charge is 0.258 e. The van der Waals surface area contributed by atoms with E-state index in [-0.39, 0.29) is 5.69 Å². The summed E-state index contributed by atoms with van der Waals surface area (Å²) < 4.78 is 0. The summed E-state index contributed by atoms with van der Waals surface area (Å²) in [6.45, 7) is 2.09. The highest BCUT2D eigenvalue weighted by atomic mass is 32.1. The lowest BCUT2D eigenvalue weighted by atomic mass is 10.1. The number of nitro groups is 1. The normalized spacial score (nSPS) is 11.2. The Morgan fingerprint density at radius 3 is 2.73 bits per heavy atom. The fraction of sp³-hybridized carbons (Fsp3) is 0.100. The third kappa shape index (κ3) is 3.85. The number of non-ortho nitro benzene ring substituents is 1. The molecule has 0 fully saturated rings. The molecular formula is C20H15N3O2S. The Balaban J connectivity index is 1.92. The Bertz CT molecular complexity index is 1010. The highest BCUT2D eigenvalue weighted by Gasteiger charge is 2.12. The molecule has 6 heteroatoms. The number of nitriles is 1. The van der Waals surface area contributed by atoms with Gasteiger partial charge in [0.25, 0.3) is 5.69 Å². The molecule has 0 saturated heterocycles. The first-order valence-electron chi connectivity index (χ1n) is 8.02. The van der Waals surface area contributed by atoms with Crippen LogP contribution in [0.25, 0.3) is 22.9 Å². The van der Waals surface area contributed by atoms with Gasteiger partial charge < -0.3 is 0 Å². The summed E-state index contributed by atoms with van der Waals surface area (Å²) in [5.41, 5.74) is 3.94. The number of hydrogen-bond acceptors (Lipinski definition) is 5. The molecule has 3 aromatic rings. The summed E-state index contributed by atoms with van der Waals surface area (Å²) in [4.78, 5) is 15.0. The maximum Gasteiger partial charge on any atom is 0.270 e. The van der Waals surface area contributed by atoms with Crippen molar-refractivity contribution in [2.45, 2.75) is 13.3 Å². The van der Waals surface area contributed by atoms with E-state index in [2.05, 4.69) is 18.0 Å². The predicted octanol–water partition coefficient (Wildman–Crippen LogP) is 5.34. The molecule has 26 heavy (non-hydrogen) atoms. The van der Waals surface area contributed by atoms with Crippen LogP contribution in [0.3, 0.4) is 0 Å². The van der Waals surface area contributed by atoms with Gasteiger partial charge in [-0.3, -0.25) is 10.1 Å². The third-order valence-electron chi connectivity index (χ3n) is 3.91. The van der Waals surface area contributed by atoms with Crippen LogP contribution in [0.2, 0.25) is 0 Å². The fourth-order valence-corrected chi connectivity index (χ4v) is 3.26. The van der Waals surface area contributed by atoms with Crippen LogP contribution in [0.5, 0.6) is 0 Å². The first kappa shape index (κ1) is 17.5. The molecule has 1 aromatic heterocycles. The highest BCUT2D eigenvalue weighted by molar-refractivity contribution is 7.11.